The maximum absolute atomic E-state index is 12.2. The van der Waals surface area contributed by atoms with Crippen molar-refractivity contribution < 1.29 is 4.79 Å². The summed E-state index contributed by atoms with van der Waals surface area (Å²) < 4.78 is 0. The molecule has 2 aromatic rings. The van der Waals surface area contributed by atoms with Crippen molar-refractivity contribution in [2.45, 2.75) is 24.8 Å². The van der Waals surface area contributed by atoms with Gasteiger partial charge in [-0.15, -0.1) is 22.0 Å². The molecule has 0 aliphatic carbocycles. The van der Waals surface area contributed by atoms with Gasteiger partial charge < -0.3 is 11.1 Å². The minimum absolute atomic E-state index is 0.0991. The van der Waals surface area contributed by atoms with E-state index in [1.807, 2.05) is 24.3 Å². The molecule has 0 bridgehead atoms. The molecule has 0 aliphatic heterocycles. The van der Waals surface area contributed by atoms with Gasteiger partial charge in [-0.05, 0) is 24.3 Å². The summed E-state index contributed by atoms with van der Waals surface area (Å²) in [5, 5.41) is 11.6. The van der Waals surface area contributed by atoms with Gasteiger partial charge >= 0.3 is 0 Å². The van der Waals surface area contributed by atoms with Crippen molar-refractivity contribution in [3.63, 3.8) is 0 Å². The first-order valence-electron chi connectivity index (χ1n) is 6.28. The number of hydrogen-bond acceptors (Lipinski definition) is 6. The van der Waals surface area contributed by atoms with Gasteiger partial charge in [-0.2, -0.15) is 0 Å². The topological polar surface area (TPSA) is 80.9 Å². The van der Waals surface area contributed by atoms with Gasteiger partial charge in [-0.1, -0.05) is 30.4 Å². The molecular formula is C13H16N4OS2. The van der Waals surface area contributed by atoms with Crippen LogP contribution >= 0.6 is 23.1 Å². The number of aromatic nitrogens is 2. The number of nitrogen functional groups attached to an aromatic ring is 1. The van der Waals surface area contributed by atoms with E-state index in [1.165, 1.54) is 11.3 Å². The highest BCUT2D eigenvalue weighted by Gasteiger charge is 2.11. The first-order valence-corrected chi connectivity index (χ1v) is 8.08. The first kappa shape index (κ1) is 14.8. The number of nitrogens with zero attached hydrogens (tertiary/aromatic N) is 2. The fourth-order valence-corrected chi connectivity index (χ4v) is 3.05. The molecule has 0 atom stereocenters. The van der Waals surface area contributed by atoms with Gasteiger partial charge in [0.1, 0.15) is 5.01 Å². The third-order valence-electron chi connectivity index (χ3n) is 2.48. The molecule has 0 fully saturated rings. The van der Waals surface area contributed by atoms with Crippen molar-refractivity contribution in [3.8, 4) is 0 Å². The second kappa shape index (κ2) is 7.25. The molecule has 106 valence electrons. The Hall–Kier alpha value is -1.60. The molecular weight excluding hydrogens is 292 g/mol. The van der Waals surface area contributed by atoms with Crippen molar-refractivity contribution in [1.29, 1.82) is 0 Å². The quantitative estimate of drug-likeness (QED) is 0.802. The minimum atomic E-state index is -0.0991. The largest absolute Gasteiger partial charge is 0.374 e. The number of benzene rings is 1. The third-order valence-corrected chi connectivity index (χ3v) is 4.51. The van der Waals surface area contributed by atoms with Crippen LogP contribution in [0.2, 0.25) is 0 Å². The molecule has 0 saturated heterocycles. The number of amides is 1. The van der Waals surface area contributed by atoms with Crippen LogP contribution in [0.4, 0.5) is 5.13 Å². The Labute approximate surface area is 126 Å². The van der Waals surface area contributed by atoms with Crippen LogP contribution in [0, 0.1) is 0 Å². The Balaban J connectivity index is 2.01. The summed E-state index contributed by atoms with van der Waals surface area (Å²) in [4.78, 5) is 13.2. The number of anilines is 1. The van der Waals surface area contributed by atoms with Gasteiger partial charge in [-0.25, -0.2) is 0 Å². The highest BCUT2D eigenvalue weighted by molar-refractivity contribution is 7.99. The summed E-state index contributed by atoms with van der Waals surface area (Å²) in [6, 6.07) is 7.62. The van der Waals surface area contributed by atoms with Crippen molar-refractivity contribution in [2.75, 3.05) is 11.5 Å². The summed E-state index contributed by atoms with van der Waals surface area (Å²) >= 11 is 2.97. The van der Waals surface area contributed by atoms with Crippen LogP contribution in [0.3, 0.4) is 0 Å². The van der Waals surface area contributed by atoms with E-state index in [2.05, 4.69) is 22.4 Å². The Kier molecular flexibility index (Phi) is 5.37. The summed E-state index contributed by atoms with van der Waals surface area (Å²) in [7, 11) is 0. The first-order chi connectivity index (χ1) is 9.70. The second-order valence-electron chi connectivity index (χ2n) is 4.06. The van der Waals surface area contributed by atoms with Crippen LogP contribution < -0.4 is 11.1 Å². The zero-order chi connectivity index (χ0) is 14.4. The predicted octanol–water partition coefficient (Wildman–Crippen LogP) is 2.55. The summed E-state index contributed by atoms with van der Waals surface area (Å²) in [5.41, 5.74) is 6.20. The van der Waals surface area contributed by atoms with Gasteiger partial charge in [0.2, 0.25) is 5.13 Å². The van der Waals surface area contributed by atoms with Crippen molar-refractivity contribution in [1.82, 2.24) is 15.5 Å². The van der Waals surface area contributed by atoms with Gasteiger partial charge in [-0.3, -0.25) is 4.79 Å². The molecule has 0 aliphatic rings. The van der Waals surface area contributed by atoms with E-state index in [9.17, 15) is 4.79 Å². The molecule has 0 radical (unpaired) electrons. The van der Waals surface area contributed by atoms with Crippen LogP contribution in [0.5, 0.6) is 0 Å². The summed E-state index contributed by atoms with van der Waals surface area (Å²) in [6.07, 6.45) is 1.07. The van der Waals surface area contributed by atoms with Crippen molar-refractivity contribution in [3.05, 3.63) is 34.8 Å². The van der Waals surface area contributed by atoms with E-state index in [4.69, 9.17) is 5.73 Å². The van der Waals surface area contributed by atoms with Crippen LogP contribution in [0.1, 0.15) is 28.7 Å². The average Bonchev–Trinajstić information content (AvgIpc) is 2.88. The molecule has 20 heavy (non-hydrogen) atoms. The number of thioether (sulfide) groups is 1. The van der Waals surface area contributed by atoms with Gasteiger partial charge in [0.25, 0.3) is 5.91 Å². The zero-order valence-electron chi connectivity index (χ0n) is 11.1. The molecule has 7 heteroatoms. The Morgan fingerprint density at radius 1 is 1.40 bits per heavy atom. The SMILES string of the molecule is CCCSc1ccccc1C(=O)NCc1nnc(N)s1. The number of nitrogens with two attached hydrogens (primary N) is 1. The molecule has 0 spiro atoms. The monoisotopic (exact) mass is 308 g/mol. The number of carbonyl (C=O) groups is 1. The van der Waals surface area contributed by atoms with E-state index in [0.29, 0.717) is 22.2 Å². The fourth-order valence-electron chi connectivity index (χ4n) is 1.58. The van der Waals surface area contributed by atoms with Crippen LogP contribution in [-0.2, 0) is 6.54 Å². The predicted molar refractivity (Wildman–Crippen MR) is 82.9 cm³/mol. The van der Waals surface area contributed by atoms with Gasteiger partial charge in [0.15, 0.2) is 0 Å². The van der Waals surface area contributed by atoms with Crippen molar-refractivity contribution >= 4 is 34.1 Å². The number of carbonyl (C=O) groups excluding carboxylic acids is 1. The molecule has 1 aromatic heterocycles. The maximum Gasteiger partial charge on any atom is 0.252 e. The lowest BCUT2D eigenvalue weighted by atomic mass is 10.2. The highest BCUT2D eigenvalue weighted by Crippen LogP contribution is 2.23. The molecule has 0 saturated carbocycles. The molecule has 1 heterocycles. The summed E-state index contributed by atoms with van der Waals surface area (Å²) in [6.45, 7) is 2.47. The van der Waals surface area contributed by atoms with E-state index in [0.717, 1.165) is 17.1 Å². The molecule has 1 amide bonds. The van der Waals surface area contributed by atoms with E-state index in [1.54, 1.807) is 11.8 Å². The lowest BCUT2D eigenvalue weighted by Crippen LogP contribution is -2.23. The number of rotatable bonds is 6. The van der Waals surface area contributed by atoms with Gasteiger partial charge in [0, 0.05) is 4.90 Å². The number of hydrogen-bond donors (Lipinski definition) is 2. The van der Waals surface area contributed by atoms with Crippen molar-refractivity contribution in [2.24, 2.45) is 0 Å². The lowest BCUT2D eigenvalue weighted by molar-refractivity contribution is 0.0948. The Morgan fingerprint density at radius 3 is 2.90 bits per heavy atom. The lowest BCUT2D eigenvalue weighted by Gasteiger charge is -2.08. The molecule has 3 N–H and O–H groups in total. The minimum Gasteiger partial charge on any atom is -0.374 e. The second-order valence-corrected chi connectivity index (χ2v) is 6.29. The fraction of sp³-hybridized carbons (Fsp3) is 0.308. The Bertz CT molecular complexity index is 585. The standard InChI is InChI=1S/C13H16N4OS2/c1-2-7-19-10-6-4-3-5-9(10)12(18)15-8-11-16-17-13(14)20-11/h3-6H,2,7-8H2,1H3,(H2,14,17)(H,15,18). The average molecular weight is 308 g/mol. The molecule has 0 unspecified atom stereocenters. The summed E-state index contributed by atoms with van der Waals surface area (Å²) in [5.74, 6) is 0.898. The molecule has 5 nitrogen and oxygen atoms in total. The van der Waals surface area contributed by atoms with Crippen LogP contribution in [-0.4, -0.2) is 21.9 Å². The smallest absolute Gasteiger partial charge is 0.252 e. The highest BCUT2D eigenvalue weighted by atomic mass is 32.2. The van der Waals surface area contributed by atoms with Crippen LogP contribution in [0.25, 0.3) is 0 Å². The van der Waals surface area contributed by atoms with Gasteiger partial charge in [0.05, 0.1) is 12.1 Å². The van der Waals surface area contributed by atoms with E-state index in [-0.39, 0.29) is 5.91 Å². The zero-order valence-corrected chi connectivity index (χ0v) is 12.8. The molecule has 2 rings (SSSR count). The van der Waals surface area contributed by atoms with E-state index >= 15 is 0 Å². The maximum atomic E-state index is 12.2. The molecule has 1 aromatic carbocycles. The van der Waals surface area contributed by atoms with Crippen LogP contribution in [0.15, 0.2) is 29.2 Å². The number of nitrogens with one attached hydrogen (secondary N) is 1. The normalized spacial score (nSPS) is 10.4. The Morgan fingerprint density at radius 2 is 2.20 bits per heavy atom. The van der Waals surface area contributed by atoms with E-state index < -0.39 is 0 Å². The third kappa shape index (κ3) is 3.94.